The van der Waals surface area contributed by atoms with Gasteiger partial charge in [0.25, 0.3) is 0 Å². The monoisotopic (exact) mass is 415 g/mol. The Hall–Kier alpha value is -3.47. The van der Waals surface area contributed by atoms with Crippen molar-refractivity contribution < 1.29 is 19.4 Å². The number of hydrogen-bond acceptors (Lipinski definition) is 5. The molecule has 1 N–H and O–H groups in total. The number of benzene rings is 2. The van der Waals surface area contributed by atoms with Crippen molar-refractivity contribution in [1.82, 2.24) is 0 Å². The van der Waals surface area contributed by atoms with Crippen LogP contribution in [0.3, 0.4) is 0 Å². The summed E-state index contributed by atoms with van der Waals surface area (Å²) in [5, 5.41) is 9.74. The molecule has 0 saturated heterocycles. The summed E-state index contributed by atoms with van der Waals surface area (Å²) in [6.07, 6.45) is 2.54. The number of allylic oxidation sites excluding steroid dienone is 2. The summed E-state index contributed by atoms with van der Waals surface area (Å²) in [6.45, 7) is 5.51. The third-order valence-electron chi connectivity index (χ3n) is 6.01. The summed E-state index contributed by atoms with van der Waals surface area (Å²) in [5.41, 5.74) is 3.86. The minimum atomic E-state index is -0.694. The van der Waals surface area contributed by atoms with Crippen LogP contribution in [0.1, 0.15) is 42.7 Å². The Balaban J connectivity index is 1.78. The number of aromatic hydroxyl groups is 1. The molecule has 0 radical (unpaired) electrons. The summed E-state index contributed by atoms with van der Waals surface area (Å²) in [5.74, 6) is -1.41. The normalized spacial score (nSPS) is 23.1. The van der Waals surface area contributed by atoms with Crippen molar-refractivity contribution in [3.8, 4) is 5.75 Å². The molecule has 0 bridgehead atoms. The van der Waals surface area contributed by atoms with Gasteiger partial charge in [0.1, 0.15) is 18.3 Å². The van der Waals surface area contributed by atoms with Crippen molar-refractivity contribution in [2.24, 2.45) is 10.9 Å². The van der Waals surface area contributed by atoms with Crippen LogP contribution in [0.5, 0.6) is 5.75 Å². The number of rotatable bonds is 5. The highest BCUT2D eigenvalue weighted by atomic mass is 16.5. The van der Waals surface area contributed by atoms with Crippen molar-refractivity contribution in [2.45, 2.75) is 31.6 Å². The van der Waals surface area contributed by atoms with Crippen molar-refractivity contribution in [3.05, 3.63) is 89.6 Å². The standard InChI is InChI=1S/C26H25NO4/c1-3-13-31-26(30)23-16(2)27-21-14-19(17-7-5-4-6-8-17)15-22(29)25(21)24(23)18-9-11-20(28)12-10-18/h3-12,19,23-24,28H,1,13-15H2,2H3/t19-,23?,24+/m0/s1. The molecule has 0 spiro atoms. The zero-order chi connectivity index (χ0) is 22.0. The predicted octanol–water partition coefficient (Wildman–Crippen LogP) is 4.70. The molecule has 1 aliphatic heterocycles. The molecule has 5 nitrogen and oxygen atoms in total. The van der Waals surface area contributed by atoms with E-state index in [1.54, 1.807) is 24.3 Å². The van der Waals surface area contributed by atoms with Crippen molar-refractivity contribution in [2.75, 3.05) is 6.61 Å². The van der Waals surface area contributed by atoms with E-state index in [0.717, 1.165) is 16.8 Å². The quantitative estimate of drug-likeness (QED) is 0.567. The van der Waals surface area contributed by atoms with Gasteiger partial charge in [0.05, 0.1) is 0 Å². The van der Waals surface area contributed by atoms with E-state index >= 15 is 0 Å². The highest BCUT2D eigenvalue weighted by Crippen LogP contribution is 2.46. The lowest BCUT2D eigenvalue weighted by Gasteiger charge is -2.36. The average molecular weight is 415 g/mol. The SMILES string of the molecule is C=CCOC(=O)C1C(C)=NC2=C(C(=O)C[C@@H](c3ccccc3)C2)[C@@H]1c1ccc(O)cc1. The number of ether oxygens (including phenoxy) is 1. The lowest BCUT2D eigenvalue weighted by molar-refractivity contribution is -0.145. The zero-order valence-electron chi connectivity index (χ0n) is 17.5. The van der Waals surface area contributed by atoms with E-state index in [2.05, 4.69) is 6.58 Å². The van der Waals surface area contributed by atoms with Gasteiger partial charge >= 0.3 is 5.97 Å². The van der Waals surface area contributed by atoms with Crippen LogP contribution in [0.2, 0.25) is 0 Å². The lowest BCUT2D eigenvalue weighted by Crippen LogP contribution is -2.38. The molecular formula is C26H25NO4. The van der Waals surface area contributed by atoms with Gasteiger partial charge < -0.3 is 9.84 Å². The van der Waals surface area contributed by atoms with Gasteiger partial charge in [0, 0.05) is 29.3 Å². The van der Waals surface area contributed by atoms with E-state index in [0.29, 0.717) is 24.1 Å². The minimum absolute atomic E-state index is 0.00551. The van der Waals surface area contributed by atoms with Crippen LogP contribution in [0.15, 0.2) is 83.5 Å². The lowest BCUT2D eigenvalue weighted by atomic mass is 9.69. The number of phenolic OH excluding ortho intramolecular Hbond substituents is 1. The molecular weight excluding hydrogens is 390 g/mol. The Bertz CT molecular complexity index is 1070. The Morgan fingerprint density at radius 1 is 1.13 bits per heavy atom. The second-order valence-corrected chi connectivity index (χ2v) is 8.02. The molecule has 5 heteroatoms. The molecule has 0 saturated carbocycles. The van der Waals surface area contributed by atoms with Gasteiger partial charge in [-0.15, -0.1) is 0 Å². The molecule has 0 amide bonds. The molecule has 0 fully saturated rings. The van der Waals surface area contributed by atoms with Crippen LogP contribution < -0.4 is 0 Å². The van der Waals surface area contributed by atoms with E-state index in [4.69, 9.17) is 9.73 Å². The van der Waals surface area contributed by atoms with E-state index < -0.39 is 17.8 Å². The van der Waals surface area contributed by atoms with Crippen LogP contribution in [0.4, 0.5) is 0 Å². The molecule has 2 aromatic carbocycles. The van der Waals surface area contributed by atoms with E-state index in [1.807, 2.05) is 37.3 Å². The fourth-order valence-corrected chi connectivity index (χ4v) is 4.60. The van der Waals surface area contributed by atoms with Gasteiger partial charge in [0.15, 0.2) is 5.78 Å². The van der Waals surface area contributed by atoms with Gasteiger partial charge in [-0.3, -0.25) is 14.6 Å². The number of carbonyl (C=O) groups excluding carboxylic acids is 2. The third-order valence-corrected chi connectivity index (χ3v) is 6.01. The topological polar surface area (TPSA) is 76.0 Å². The predicted molar refractivity (Wildman–Crippen MR) is 119 cm³/mol. The summed E-state index contributed by atoms with van der Waals surface area (Å²) in [7, 11) is 0. The van der Waals surface area contributed by atoms with Gasteiger partial charge in [0.2, 0.25) is 0 Å². The number of aliphatic imine (C=N–C) groups is 1. The minimum Gasteiger partial charge on any atom is -0.508 e. The summed E-state index contributed by atoms with van der Waals surface area (Å²) in [6, 6.07) is 16.6. The number of ketones is 1. The van der Waals surface area contributed by atoms with E-state index in [9.17, 15) is 14.7 Å². The Labute approximate surface area is 181 Å². The fourth-order valence-electron chi connectivity index (χ4n) is 4.60. The van der Waals surface area contributed by atoms with Gasteiger partial charge in [-0.1, -0.05) is 55.1 Å². The fraction of sp³-hybridized carbons (Fsp3) is 0.269. The molecule has 2 aromatic rings. The van der Waals surface area contributed by atoms with Gasteiger partial charge in [-0.25, -0.2) is 0 Å². The van der Waals surface area contributed by atoms with Gasteiger partial charge in [-0.2, -0.15) is 0 Å². The first-order chi connectivity index (χ1) is 15.0. The molecule has 31 heavy (non-hydrogen) atoms. The van der Waals surface area contributed by atoms with Crippen molar-refractivity contribution >= 4 is 17.5 Å². The van der Waals surface area contributed by atoms with E-state index in [1.165, 1.54) is 6.08 Å². The average Bonchev–Trinajstić information content (AvgIpc) is 2.77. The summed E-state index contributed by atoms with van der Waals surface area (Å²) in [4.78, 5) is 31.1. The van der Waals surface area contributed by atoms with Crippen molar-refractivity contribution in [3.63, 3.8) is 0 Å². The molecule has 1 unspecified atom stereocenters. The molecule has 2 aliphatic rings. The Kier molecular flexibility index (Phi) is 5.85. The number of phenols is 1. The number of hydrogen-bond donors (Lipinski definition) is 1. The first-order valence-corrected chi connectivity index (χ1v) is 10.4. The first-order valence-electron chi connectivity index (χ1n) is 10.4. The van der Waals surface area contributed by atoms with Crippen LogP contribution >= 0.6 is 0 Å². The highest BCUT2D eigenvalue weighted by molar-refractivity contribution is 6.09. The largest absolute Gasteiger partial charge is 0.508 e. The maximum absolute atomic E-state index is 13.4. The molecule has 0 aromatic heterocycles. The number of Topliss-reactive ketones (excluding diaryl/α,β-unsaturated/α-hetero) is 1. The van der Waals surface area contributed by atoms with Crippen LogP contribution in [-0.2, 0) is 14.3 Å². The molecule has 4 rings (SSSR count). The van der Waals surface area contributed by atoms with Crippen LogP contribution in [0.25, 0.3) is 0 Å². The smallest absolute Gasteiger partial charge is 0.315 e. The second kappa shape index (κ2) is 8.72. The first kappa shape index (κ1) is 20.8. The number of carbonyl (C=O) groups is 2. The zero-order valence-corrected chi connectivity index (χ0v) is 17.5. The summed E-state index contributed by atoms with van der Waals surface area (Å²) < 4.78 is 5.36. The molecule has 3 atom stereocenters. The van der Waals surface area contributed by atoms with Crippen LogP contribution in [-0.4, -0.2) is 29.2 Å². The number of nitrogens with zero attached hydrogens (tertiary/aromatic N) is 1. The summed E-state index contributed by atoms with van der Waals surface area (Å²) >= 11 is 0. The van der Waals surface area contributed by atoms with Crippen LogP contribution in [0, 0.1) is 5.92 Å². The maximum Gasteiger partial charge on any atom is 0.315 e. The van der Waals surface area contributed by atoms with E-state index in [-0.39, 0.29) is 24.1 Å². The highest BCUT2D eigenvalue weighted by Gasteiger charge is 2.44. The molecule has 158 valence electrons. The number of esters is 1. The molecule has 1 heterocycles. The Morgan fingerprint density at radius 3 is 2.52 bits per heavy atom. The van der Waals surface area contributed by atoms with Gasteiger partial charge in [-0.05, 0) is 42.5 Å². The maximum atomic E-state index is 13.4. The Morgan fingerprint density at radius 2 is 1.84 bits per heavy atom. The molecule has 1 aliphatic carbocycles. The third kappa shape index (κ3) is 4.08. The second-order valence-electron chi connectivity index (χ2n) is 8.02. The van der Waals surface area contributed by atoms with Crippen molar-refractivity contribution in [1.29, 1.82) is 0 Å².